The van der Waals surface area contributed by atoms with Gasteiger partial charge in [-0.05, 0) is 48.2 Å². The first-order valence-electron chi connectivity index (χ1n) is 11.5. The van der Waals surface area contributed by atoms with Crippen LogP contribution in [0.15, 0.2) is 115 Å². The lowest BCUT2D eigenvalue weighted by atomic mass is 9.72. The van der Waals surface area contributed by atoms with E-state index in [0.717, 1.165) is 22.3 Å². The van der Waals surface area contributed by atoms with Gasteiger partial charge in [0.05, 0.1) is 11.6 Å². The summed E-state index contributed by atoms with van der Waals surface area (Å²) in [5.41, 5.74) is 2.42. The van der Waals surface area contributed by atoms with Crippen LogP contribution >= 0.6 is 11.6 Å². The average Bonchev–Trinajstić information content (AvgIpc) is 2.86. The normalized spacial score (nSPS) is 21.6. The highest BCUT2D eigenvalue weighted by Crippen LogP contribution is 2.61. The third-order valence-electron chi connectivity index (χ3n) is 6.85. The van der Waals surface area contributed by atoms with E-state index < -0.39 is 17.2 Å². The van der Waals surface area contributed by atoms with Crippen LogP contribution in [0, 0.1) is 0 Å². The van der Waals surface area contributed by atoms with Gasteiger partial charge >= 0.3 is 0 Å². The molecule has 1 aliphatic heterocycles. The number of rotatable bonds is 6. The molecule has 0 bridgehead atoms. The maximum atomic E-state index is 11.9. The summed E-state index contributed by atoms with van der Waals surface area (Å²) in [6, 6.07) is 37.6. The average molecular weight is 470 g/mol. The predicted molar refractivity (Wildman–Crippen MR) is 136 cm³/mol. The molecule has 0 aromatic heterocycles. The Morgan fingerprint density at radius 2 is 1.32 bits per heavy atom. The molecule has 0 saturated carbocycles. The summed E-state index contributed by atoms with van der Waals surface area (Å²) >= 11 is 6.25. The number of aliphatic hydroxyl groups excluding tert-OH is 1. The van der Waals surface area contributed by atoms with E-state index in [4.69, 9.17) is 16.4 Å². The van der Waals surface area contributed by atoms with Crippen LogP contribution in [0.1, 0.15) is 48.2 Å². The first-order valence-corrected chi connectivity index (χ1v) is 11.9. The van der Waals surface area contributed by atoms with Crippen molar-refractivity contribution in [2.75, 3.05) is 0 Å². The van der Waals surface area contributed by atoms with Crippen molar-refractivity contribution in [3.63, 3.8) is 0 Å². The number of hydrogen-bond donors (Lipinski definition) is 1. The van der Waals surface area contributed by atoms with Crippen molar-refractivity contribution < 1.29 is 9.94 Å². The number of halogens is 1. The smallest absolute Gasteiger partial charge is 0.167 e. The lowest BCUT2D eigenvalue weighted by molar-refractivity contribution is -0.460. The number of hydrogen-bond acceptors (Lipinski definition) is 3. The Balaban J connectivity index is 1.69. The van der Waals surface area contributed by atoms with Gasteiger partial charge in [0.25, 0.3) is 0 Å². The highest BCUT2D eigenvalue weighted by Gasteiger charge is 2.64. The van der Waals surface area contributed by atoms with Crippen LogP contribution in [0.2, 0.25) is 5.02 Å². The zero-order chi connectivity index (χ0) is 23.8. The third-order valence-corrected chi connectivity index (χ3v) is 7.11. The monoisotopic (exact) mass is 469 g/mol. The molecule has 0 unspecified atom stereocenters. The summed E-state index contributed by atoms with van der Waals surface area (Å²) in [5.74, 6) is 0. The van der Waals surface area contributed by atoms with Crippen molar-refractivity contribution in [3.8, 4) is 0 Å². The molecule has 4 aromatic rings. The number of hydroxylamine groups is 2. The number of aliphatic hydroxyl groups is 1. The van der Waals surface area contributed by atoms with E-state index in [1.165, 1.54) is 0 Å². The van der Waals surface area contributed by atoms with Crippen LogP contribution in [-0.4, -0.2) is 10.2 Å². The van der Waals surface area contributed by atoms with Crippen LogP contribution < -0.4 is 0 Å². The van der Waals surface area contributed by atoms with Gasteiger partial charge in [-0.2, -0.15) is 5.06 Å². The molecule has 172 valence electrons. The lowest BCUT2D eigenvalue weighted by Gasteiger charge is -2.63. The van der Waals surface area contributed by atoms with E-state index in [-0.39, 0.29) is 6.04 Å². The first-order chi connectivity index (χ1) is 16.4. The fourth-order valence-corrected chi connectivity index (χ4v) is 5.10. The zero-order valence-electron chi connectivity index (χ0n) is 19.3. The fraction of sp³-hybridized carbons (Fsp3) is 0.200. The topological polar surface area (TPSA) is 32.7 Å². The molecule has 3 nitrogen and oxygen atoms in total. The summed E-state index contributed by atoms with van der Waals surface area (Å²) in [5, 5.41) is 14.6. The maximum absolute atomic E-state index is 11.9. The van der Waals surface area contributed by atoms with Crippen molar-refractivity contribution in [1.29, 1.82) is 0 Å². The van der Waals surface area contributed by atoms with Gasteiger partial charge in [-0.1, -0.05) is 115 Å². The number of nitrogens with zero attached hydrogens (tertiary/aromatic N) is 1. The second kappa shape index (κ2) is 9.01. The minimum absolute atomic E-state index is 0.266. The molecular formula is C30H28ClNO2. The van der Waals surface area contributed by atoms with Gasteiger partial charge in [0.1, 0.15) is 6.10 Å². The second-order valence-corrected chi connectivity index (χ2v) is 9.71. The summed E-state index contributed by atoms with van der Waals surface area (Å²) in [6.45, 7) is 4.30. The highest BCUT2D eigenvalue weighted by atomic mass is 35.5. The second-order valence-electron chi connectivity index (χ2n) is 9.27. The van der Waals surface area contributed by atoms with Crippen molar-refractivity contribution in [2.24, 2.45) is 0 Å². The van der Waals surface area contributed by atoms with E-state index in [1.807, 2.05) is 108 Å². The van der Waals surface area contributed by atoms with Crippen LogP contribution in [0.4, 0.5) is 0 Å². The Labute approximate surface area is 206 Å². The highest BCUT2D eigenvalue weighted by molar-refractivity contribution is 6.30. The van der Waals surface area contributed by atoms with Gasteiger partial charge in [-0.15, -0.1) is 0 Å². The molecule has 4 aromatic carbocycles. The summed E-state index contributed by atoms with van der Waals surface area (Å²) in [6.07, 6.45) is -0.889. The molecule has 0 spiro atoms. The zero-order valence-corrected chi connectivity index (χ0v) is 20.1. The SMILES string of the molecule is CC(C)(c1ccccc1)N1O[C@@](c2ccccc2)([C@@H](O)c2ccccc2)[C@@H]1c1ccc(Cl)cc1. The van der Waals surface area contributed by atoms with E-state index in [9.17, 15) is 5.11 Å². The molecule has 5 rings (SSSR count). The maximum Gasteiger partial charge on any atom is 0.167 e. The molecule has 34 heavy (non-hydrogen) atoms. The fourth-order valence-electron chi connectivity index (χ4n) is 4.98. The predicted octanol–water partition coefficient (Wildman–Crippen LogP) is 7.19. The van der Waals surface area contributed by atoms with E-state index in [1.54, 1.807) is 0 Å². The van der Waals surface area contributed by atoms with Crippen LogP contribution in [0.3, 0.4) is 0 Å². The van der Waals surface area contributed by atoms with Gasteiger partial charge in [-0.25, -0.2) is 0 Å². The van der Waals surface area contributed by atoms with Gasteiger partial charge in [0, 0.05) is 5.02 Å². The summed E-state index contributed by atoms with van der Waals surface area (Å²) in [4.78, 5) is 6.80. The molecule has 1 fully saturated rings. The van der Waals surface area contributed by atoms with Gasteiger partial charge in [-0.3, -0.25) is 4.84 Å². The number of benzene rings is 4. The first kappa shape index (κ1) is 22.8. The standard InChI is InChI=1S/C30H28ClNO2/c1-29(2,24-14-8-4-9-15-24)32-27(22-18-20-26(31)21-19-22)30(34-32,25-16-10-5-11-17-25)28(33)23-12-6-3-7-13-23/h3-21,27-28,33H,1-2H3/t27-,28-,30+/m0/s1. The quantitative estimate of drug-likeness (QED) is 0.324. The molecule has 1 aliphatic rings. The third kappa shape index (κ3) is 3.75. The van der Waals surface area contributed by atoms with Crippen LogP contribution in [0.5, 0.6) is 0 Å². The molecule has 1 heterocycles. The molecule has 1 N–H and O–H groups in total. The van der Waals surface area contributed by atoms with Crippen LogP contribution in [0.25, 0.3) is 0 Å². The van der Waals surface area contributed by atoms with Crippen molar-refractivity contribution in [3.05, 3.63) is 143 Å². The Hall–Kier alpha value is -2.95. The summed E-state index contributed by atoms with van der Waals surface area (Å²) in [7, 11) is 0. The van der Waals surface area contributed by atoms with E-state index in [0.29, 0.717) is 5.02 Å². The Kier molecular flexibility index (Phi) is 6.05. The molecule has 0 amide bonds. The molecule has 1 saturated heterocycles. The molecule has 4 heteroatoms. The minimum atomic E-state index is -1.01. The van der Waals surface area contributed by atoms with Gasteiger partial charge in [0.15, 0.2) is 5.60 Å². The lowest BCUT2D eigenvalue weighted by Crippen LogP contribution is -2.66. The molecule has 0 radical (unpaired) electrons. The van der Waals surface area contributed by atoms with Gasteiger partial charge < -0.3 is 5.11 Å². The Morgan fingerprint density at radius 3 is 1.91 bits per heavy atom. The molecular weight excluding hydrogens is 442 g/mol. The van der Waals surface area contributed by atoms with Crippen molar-refractivity contribution >= 4 is 11.6 Å². The van der Waals surface area contributed by atoms with Crippen molar-refractivity contribution in [2.45, 2.75) is 37.1 Å². The Bertz CT molecular complexity index is 1230. The minimum Gasteiger partial charge on any atom is -0.385 e. The van der Waals surface area contributed by atoms with E-state index in [2.05, 4.69) is 26.0 Å². The molecule has 0 aliphatic carbocycles. The van der Waals surface area contributed by atoms with E-state index >= 15 is 0 Å². The molecule has 3 atom stereocenters. The van der Waals surface area contributed by atoms with Crippen molar-refractivity contribution in [1.82, 2.24) is 5.06 Å². The van der Waals surface area contributed by atoms with Gasteiger partial charge in [0.2, 0.25) is 0 Å². The van der Waals surface area contributed by atoms with Crippen LogP contribution in [-0.2, 0) is 16.0 Å². The summed E-state index contributed by atoms with van der Waals surface area (Å²) < 4.78 is 0. The Morgan fingerprint density at radius 1 is 0.794 bits per heavy atom. The largest absolute Gasteiger partial charge is 0.385 e.